The molecule has 2 heterocycles. The Hall–Kier alpha value is -3.60. The van der Waals surface area contributed by atoms with Gasteiger partial charge in [0, 0.05) is 29.8 Å². The van der Waals surface area contributed by atoms with Crippen LogP contribution in [0.4, 0.5) is 0 Å². The summed E-state index contributed by atoms with van der Waals surface area (Å²) < 4.78 is 5.84. The first kappa shape index (κ1) is 20.3. The Labute approximate surface area is 187 Å². The minimum Gasteiger partial charge on any atom is -0.420 e. The van der Waals surface area contributed by atoms with E-state index in [0.29, 0.717) is 18.2 Å². The average molecular weight is 424 g/mol. The van der Waals surface area contributed by atoms with E-state index in [-0.39, 0.29) is 11.7 Å². The van der Waals surface area contributed by atoms with Gasteiger partial charge in [0.2, 0.25) is 11.8 Å². The number of hydrogen-bond donors (Lipinski definition) is 0. The van der Waals surface area contributed by atoms with Crippen molar-refractivity contribution < 1.29 is 9.21 Å². The third-order valence-electron chi connectivity index (χ3n) is 6.02. The lowest BCUT2D eigenvalue weighted by Crippen LogP contribution is -2.17. The van der Waals surface area contributed by atoms with Gasteiger partial charge in [-0.15, -0.1) is 10.2 Å². The zero-order chi connectivity index (χ0) is 22.1. The number of Topliss-reactive ketones (excluding diaryl/α,β-unsaturated/α-hetero) is 1. The molecule has 2 aromatic heterocycles. The molecule has 160 valence electrons. The number of aryl methyl sites for hydroxylation is 2. The highest BCUT2D eigenvalue weighted by molar-refractivity contribution is 5.91. The van der Waals surface area contributed by atoms with Crippen LogP contribution in [0.15, 0.2) is 71.3 Å². The van der Waals surface area contributed by atoms with Crippen LogP contribution in [0.25, 0.3) is 11.5 Å². The highest BCUT2D eigenvalue weighted by Crippen LogP contribution is 2.40. The minimum atomic E-state index is -0.344. The Morgan fingerprint density at radius 3 is 2.53 bits per heavy atom. The summed E-state index contributed by atoms with van der Waals surface area (Å²) in [7, 11) is 0. The number of benzene rings is 2. The predicted octanol–water partition coefficient (Wildman–Crippen LogP) is 5.57. The van der Waals surface area contributed by atoms with Crippen LogP contribution in [0.3, 0.4) is 0 Å². The van der Waals surface area contributed by atoms with Gasteiger partial charge >= 0.3 is 0 Å². The third kappa shape index (κ3) is 4.24. The Bertz CT molecular complexity index is 1260. The maximum atomic E-state index is 13.6. The van der Waals surface area contributed by atoms with E-state index in [1.807, 2.05) is 61.5 Å². The zero-order valence-corrected chi connectivity index (χ0v) is 18.3. The van der Waals surface area contributed by atoms with E-state index in [0.717, 1.165) is 52.2 Å². The van der Waals surface area contributed by atoms with E-state index in [1.165, 1.54) is 0 Å². The zero-order valence-electron chi connectivity index (χ0n) is 18.3. The van der Waals surface area contributed by atoms with E-state index < -0.39 is 0 Å². The second-order valence-electron chi connectivity index (χ2n) is 8.58. The van der Waals surface area contributed by atoms with Crippen molar-refractivity contribution in [3.8, 4) is 11.5 Å². The van der Waals surface area contributed by atoms with Gasteiger partial charge in [0.25, 0.3) is 0 Å². The summed E-state index contributed by atoms with van der Waals surface area (Å²) in [6.07, 6.45) is 4.36. The van der Waals surface area contributed by atoms with Gasteiger partial charge in [0.15, 0.2) is 0 Å². The molecule has 0 bridgehead atoms. The SMILES string of the molecule is Cc1cc(CC(=O)C(c2ccc(-c3nnc(C4CC4)o3)cc2)c2ccccc2C)ccn1. The van der Waals surface area contributed by atoms with Crippen molar-refractivity contribution in [1.29, 1.82) is 0 Å². The summed E-state index contributed by atoms with van der Waals surface area (Å²) in [5, 5.41) is 8.38. The van der Waals surface area contributed by atoms with Crippen LogP contribution in [0.1, 0.15) is 58.5 Å². The first-order valence-electron chi connectivity index (χ1n) is 11.0. The summed E-state index contributed by atoms with van der Waals surface area (Å²) in [5.74, 6) is 1.50. The molecular weight excluding hydrogens is 398 g/mol. The van der Waals surface area contributed by atoms with E-state index >= 15 is 0 Å². The number of hydrogen-bond acceptors (Lipinski definition) is 5. The van der Waals surface area contributed by atoms with Crippen LogP contribution in [0.2, 0.25) is 0 Å². The molecule has 1 unspecified atom stereocenters. The van der Waals surface area contributed by atoms with E-state index in [1.54, 1.807) is 6.20 Å². The number of rotatable bonds is 7. The van der Waals surface area contributed by atoms with Crippen molar-refractivity contribution in [1.82, 2.24) is 15.2 Å². The normalized spacial score (nSPS) is 14.3. The number of ketones is 1. The summed E-state index contributed by atoms with van der Waals surface area (Å²) >= 11 is 0. The second kappa shape index (κ2) is 8.50. The Morgan fingerprint density at radius 2 is 1.81 bits per heavy atom. The van der Waals surface area contributed by atoms with Gasteiger partial charge in [0.05, 0.1) is 5.92 Å². The second-order valence-corrected chi connectivity index (χ2v) is 8.58. The van der Waals surface area contributed by atoms with Crippen molar-refractivity contribution in [2.75, 3.05) is 0 Å². The first-order chi connectivity index (χ1) is 15.6. The summed E-state index contributed by atoms with van der Waals surface area (Å²) in [6, 6.07) is 19.9. The fourth-order valence-corrected chi connectivity index (χ4v) is 4.13. The van der Waals surface area contributed by atoms with Crippen molar-refractivity contribution in [3.63, 3.8) is 0 Å². The monoisotopic (exact) mass is 423 g/mol. The number of pyridine rings is 1. The molecule has 0 amide bonds. The molecular formula is C27H25N3O2. The third-order valence-corrected chi connectivity index (χ3v) is 6.02. The van der Waals surface area contributed by atoms with Crippen LogP contribution < -0.4 is 0 Å². The van der Waals surface area contributed by atoms with Crippen LogP contribution in [0.5, 0.6) is 0 Å². The number of aromatic nitrogens is 3. The Kier molecular flexibility index (Phi) is 5.39. The summed E-state index contributed by atoms with van der Waals surface area (Å²) in [6.45, 7) is 4.00. The van der Waals surface area contributed by atoms with Gasteiger partial charge in [-0.25, -0.2) is 0 Å². The molecule has 5 rings (SSSR count). The smallest absolute Gasteiger partial charge is 0.247 e. The molecule has 4 aromatic rings. The number of carbonyl (C=O) groups is 1. The predicted molar refractivity (Wildman–Crippen MR) is 122 cm³/mol. The van der Waals surface area contributed by atoms with Gasteiger partial charge in [-0.3, -0.25) is 9.78 Å². The molecule has 0 spiro atoms. The standard InChI is InChI=1S/C27H25N3O2/c1-17-5-3-4-6-23(17)25(24(31)16-19-13-14-28-18(2)15-19)20-7-9-21(10-8-20)26-29-30-27(32-26)22-11-12-22/h3-10,13-15,22,25H,11-12,16H2,1-2H3. The molecule has 1 fully saturated rings. The maximum Gasteiger partial charge on any atom is 0.247 e. The number of carbonyl (C=O) groups excluding carboxylic acids is 1. The van der Waals surface area contributed by atoms with E-state index in [4.69, 9.17) is 4.42 Å². The molecule has 1 aliphatic rings. The van der Waals surface area contributed by atoms with Crippen LogP contribution >= 0.6 is 0 Å². The lowest BCUT2D eigenvalue weighted by molar-refractivity contribution is -0.119. The Morgan fingerprint density at radius 1 is 1.03 bits per heavy atom. The lowest BCUT2D eigenvalue weighted by atomic mass is 9.83. The molecule has 0 aliphatic heterocycles. The Balaban J connectivity index is 1.47. The molecule has 0 saturated heterocycles. The van der Waals surface area contributed by atoms with Gasteiger partial charge in [0.1, 0.15) is 5.78 Å². The largest absolute Gasteiger partial charge is 0.420 e. The molecule has 2 aromatic carbocycles. The van der Waals surface area contributed by atoms with Crippen molar-refractivity contribution in [2.24, 2.45) is 0 Å². The highest BCUT2D eigenvalue weighted by atomic mass is 16.4. The van der Waals surface area contributed by atoms with Crippen LogP contribution in [-0.2, 0) is 11.2 Å². The van der Waals surface area contributed by atoms with Gasteiger partial charge in [-0.1, -0.05) is 36.4 Å². The van der Waals surface area contributed by atoms with Gasteiger partial charge in [-0.2, -0.15) is 0 Å². The fraction of sp³-hybridized carbons (Fsp3) is 0.259. The first-order valence-corrected chi connectivity index (χ1v) is 11.0. The molecule has 5 nitrogen and oxygen atoms in total. The lowest BCUT2D eigenvalue weighted by Gasteiger charge is -2.19. The molecule has 5 heteroatoms. The highest BCUT2D eigenvalue weighted by Gasteiger charge is 2.30. The fourth-order valence-electron chi connectivity index (χ4n) is 4.13. The molecule has 1 saturated carbocycles. The maximum absolute atomic E-state index is 13.6. The molecule has 1 aliphatic carbocycles. The van der Waals surface area contributed by atoms with Crippen molar-refractivity contribution in [2.45, 2.75) is 44.9 Å². The number of nitrogens with zero attached hydrogens (tertiary/aromatic N) is 3. The van der Waals surface area contributed by atoms with Crippen molar-refractivity contribution in [3.05, 3.63) is 101 Å². The topological polar surface area (TPSA) is 68.9 Å². The van der Waals surface area contributed by atoms with E-state index in [2.05, 4.69) is 28.2 Å². The minimum absolute atomic E-state index is 0.159. The van der Waals surface area contributed by atoms with Crippen LogP contribution in [-0.4, -0.2) is 21.0 Å². The quantitative estimate of drug-likeness (QED) is 0.389. The van der Waals surface area contributed by atoms with Gasteiger partial charge < -0.3 is 4.42 Å². The van der Waals surface area contributed by atoms with Gasteiger partial charge in [-0.05, 0) is 73.2 Å². The molecule has 1 atom stereocenters. The van der Waals surface area contributed by atoms with Crippen molar-refractivity contribution >= 4 is 5.78 Å². The molecule has 32 heavy (non-hydrogen) atoms. The molecule has 0 N–H and O–H groups in total. The summed E-state index contributed by atoms with van der Waals surface area (Å²) in [5.41, 5.74) is 5.86. The van der Waals surface area contributed by atoms with E-state index in [9.17, 15) is 4.79 Å². The van der Waals surface area contributed by atoms with Crippen LogP contribution in [0, 0.1) is 13.8 Å². The average Bonchev–Trinajstić information content (AvgIpc) is 3.52. The summed E-state index contributed by atoms with van der Waals surface area (Å²) in [4.78, 5) is 17.8. The molecule has 0 radical (unpaired) electrons.